The molecule has 0 aromatic heterocycles. The second kappa shape index (κ2) is 10.1. The fourth-order valence-corrected chi connectivity index (χ4v) is 3.60. The Hall–Kier alpha value is -1.79. The summed E-state index contributed by atoms with van der Waals surface area (Å²) < 4.78 is 5.57. The van der Waals surface area contributed by atoms with Crippen molar-refractivity contribution in [3.05, 3.63) is 59.1 Å². The van der Waals surface area contributed by atoms with Crippen LogP contribution in [-0.4, -0.2) is 31.7 Å². The lowest BCUT2D eigenvalue weighted by Crippen LogP contribution is -2.51. The van der Waals surface area contributed by atoms with Gasteiger partial charge in [0.1, 0.15) is 5.60 Å². The molecule has 1 aliphatic heterocycles. The van der Waals surface area contributed by atoms with E-state index >= 15 is 0 Å². The van der Waals surface area contributed by atoms with Gasteiger partial charge in [0, 0.05) is 18.8 Å². The SMILES string of the molecule is COC1(C(=O)Nc2ccc(NC(C)c3ccccc3)c(Cl)c2)CCNCC1.Cl. The molecule has 3 N–H and O–H groups in total. The van der Waals surface area contributed by atoms with E-state index in [0.717, 1.165) is 18.8 Å². The first kappa shape index (κ1) is 22.5. The molecule has 1 heterocycles. The Morgan fingerprint density at radius 1 is 1.18 bits per heavy atom. The summed E-state index contributed by atoms with van der Waals surface area (Å²) in [6.45, 7) is 3.62. The lowest BCUT2D eigenvalue weighted by Gasteiger charge is -2.34. The number of anilines is 2. The molecule has 1 saturated heterocycles. The number of hydrogen-bond acceptors (Lipinski definition) is 4. The molecule has 1 unspecified atom stereocenters. The average Bonchev–Trinajstić information content (AvgIpc) is 2.71. The van der Waals surface area contributed by atoms with Gasteiger partial charge in [0.15, 0.2) is 0 Å². The fourth-order valence-electron chi connectivity index (χ4n) is 3.37. The molecule has 1 atom stereocenters. The summed E-state index contributed by atoms with van der Waals surface area (Å²) in [5.41, 5.74) is 1.89. The molecule has 0 spiro atoms. The predicted molar refractivity (Wildman–Crippen MR) is 118 cm³/mol. The predicted octanol–water partition coefficient (Wildman–Crippen LogP) is 4.64. The van der Waals surface area contributed by atoms with Crippen LogP contribution in [0, 0.1) is 0 Å². The van der Waals surface area contributed by atoms with Crippen molar-refractivity contribution in [3.8, 4) is 0 Å². The second-order valence-corrected chi connectivity index (χ2v) is 7.28. The van der Waals surface area contributed by atoms with E-state index in [2.05, 4.69) is 35.0 Å². The van der Waals surface area contributed by atoms with Gasteiger partial charge in [0.05, 0.1) is 10.7 Å². The topological polar surface area (TPSA) is 62.4 Å². The monoisotopic (exact) mass is 423 g/mol. The Bertz CT molecular complexity index is 780. The summed E-state index contributed by atoms with van der Waals surface area (Å²) in [6.07, 6.45) is 1.30. The van der Waals surface area contributed by atoms with Crippen LogP contribution in [0.3, 0.4) is 0 Å². The number of rotatable bonds is 6. The first-order chi connectivity index (χ1) is 13.0. The zero-order chi connectivity index (χ0) is 19.3. The second-order valence-electron chi connectivity index (χ2n) is 6.87. The summed E-state index contributed by atoms with van der Waals surface area (Å²) in [4.78, 5) is 12.8. The molecule has 152 valence electrons. The molecule has 1 amide bonds. The highest BCUT2D eigenvalue weighted by Gasteiger charge is 2.39. The number of methoxy groups -OCH3 is 1. The highest BCUT2D eigenvalue weighted by atomic mass is 35.5. The average molecular weight is 424 g/mol. The Morgan fingerprint density at radius 2 is 1.86 bits per heavy atom. The molecule has 2 aromatic rings. The quantitative estimate of drug-likeness (QED) is 0.632. The third kappa shape index (κ3) is 5.17. The molecule has 1 aliphatic rings. The largest absolute Gasteiger partial charge is 0.377 e. The van der Waals surface area contributed by atoms with Crippen LogP contribution in [0.5, 0.6) is 0 Å². The maximum Gasteiger partial charge on any atom is 0.256 e. The molecule has 0 aliphatic carbocycles. The van der Waals surface area contributed by atoms with Gasteiger partial charge in [-0.2, -0.15) is 0 Å². The van der Waals surface area contributed by atoms with Gasteiger partial charge in [-0.15, -0.1) is 12.4 Å². The maximum atomic E-state index is 12.8. The molecule has 3 rings (SSSR count). The van der Waals surface area contributed by atoms with E-state index in [1.54, 1.807) is 13.2 Å². The first-order valence-electron chi connectivity index (χ1n) is 9.22. The zero-order valence-corrected chi connectivity index (χ0v) is 17.7. The van der Waals surface area contributed by atoms with Gasteiger partial charge in [0.25, 0.3) is 5.91 Å². The maximum absolute atomic E-state index is 12.8. The minimum absolute atomic E-state index is 0. The van der Waals surface area contributed by atoms with Crippen molar-refractivity contribution in [1.82, 2.24) is 5.32 Å². The summed E-state index contributed by atoms with van der Waals surface area (Å²) in [7, 11) is 1.59. The van der Waals surface area contributed by atoms with E-state index in [1.165, 1.54) is 5.56 Å². The number of carbonyl (C=O) groups excluding carboxylic acids is 1. The van der Waals surface area contributed by atoms with E-state index < -0.39 is 5.60 Å². The van der Waals surface area contributed by atoms with E-state index in [9.17, 15) is 4.79 Å². The summed E-state index contributed by atoms with van der Waals surface area (Å²) in [5.74, 6) is -0.124. The normalized spacial score (nSPS) is 16.5. The van der Waals surface area contributed by atoms with Crippen molar-refractivity contribution in [2.45, 2.75) is 31.4 Å². The number of benzene rings is 2. The van der Waals surface area contributed by atoms with Crippen molar-refractivity contribution in [2.75, 3.05) is 30.8 Å². The Balaban J connectivity index is 0.00000280. The molecule has 2 aromatic carbocycles. The number of ether oxygens (including phenoxy) is 1. The summed E-state index contributed by atoms with van der Waals surface area (Å²) in [5, 5.41) is 10.2. The molecule has 1 fully saturated rings. The minimum Gasteiger partial charge on any atom is -0.377 e. The van der Waals surface area contributed by atoms with Gasteiger partial charge in [-0.3, -0.25) is 4.79 Å². The number of amides is 1. The van der Waals surface area contributed by atoms with Gasteiger partial charge in [-0.05, 0) is 56.6 Å². The van der Waals surface area contributed by atoms with Crippen molar-refractivity contribution >= 4 is 41.3 Å². The molecular weight excluding hydrogens is 397 g/mol. The molecule has 28 heavy (non-hydrogen) atoms. The number of halogens is 2. The van der Waals surface area contributed by atoms with Crippen LogP contribution in [0.2, 0.25) is 5.02 Å². The fraction of sp³-hybridized carbons (Fsp3) is 0.381. The highest BCUT2D eigenvalue weighted by molar-refractivity contribution is 6.33. The molecule has 0 saturated carbocycles. The van der Waals surface area contributed by atoms with Gasteiger partial charge in [-0.25, -0.2) is 0 Å². The van der Waals surface area contributed by atoms with Crippen molar-refractivity contribution < 1.29 is 9.53 Å². The standard InChI is InChI=1S/C21H26ClN3O2.ClH/c1-15(16-6-4-3-5-7-16)24-19-9-8-17(14-18(19)22)25-20(26)21(27-2)10-12-23-13-11-21;/h3-9,14-15,23-24H,10-13H2,1-2H3,(H,25,26);1H. The van der Waals surface area contributed by atoms with Crippen LogP contribution in [0.4, 0.5) is 11.4 Å². The van der Waals surface area contributed by atoms with Crippen LogP contribution in [0.15, 0.2) is 48.5 Å². The summed E-state index contributed by atoms with van der Waals surface area (Å²) >= 11 is 6.44. The van der Waals surface area contributed by atoms with E-state index in [4.69, 9.17) is 16.3 Å². The molecule has 5 nitrogen and oxygen atoms in total. The van der Waals surface area contributed by atoms with Crippen LogP contribution in [0.1, 0.15) is 31.4 Å². The van der Waals surface area contributed by atoms with Crippen LogP contribution < -0.4 is 16.0 Å². The van der Waals surface area contributed by atoms with E-state index in [-0.39, 0.29) is 24.4 Å². The van der Waals surface area contributed by atoms with Gasteiger partial charge >= 0.3 is 0 Å². The van der Waals surface area contributed by atoms with Gasteiger partial charge < -0.3 is 20.7 Å². The zero-order valence-electron chi connectivity index (χ0n) is 16.1. The number of carbonyl (C=O) groups is 1. The third-order valence-corrected chi connectivity index (χ3v) is 5.43. The van der Waals surface area contributed by atoms with Crippen molar-refractivity contribution in [3.63, 3.8) is 0 Å². The lowest BCUT2D eigenvalue weighted by atomic mass is 9.91. The Labute approximate surface area is 177 Å². The highest BCUT2D eigenvalue weighted by Crippen LogP contribution is 2.30. The Morgan fingerprint density at radius 3 is 2.46 bits per heavy atom. The molecule has 0 radical (unpaired) electrons. The number of nitrogens with one attached hydrogen (secondary N) is 3. The third-order valence-electron chi connectivity index (χ3n) is 5.11. The molecule has 7 heteroatoms. The van der Waals surface area contributed by atoms with Crippen LogP contribution in [0.25, 0.3) is 0 Å². The van der Waals surface area contributed by atoms with E-state index in [1.807, 2.05) is 30.3 Å². The smallest absolute Gasteiger partial charge is 0.256 e. The van der Waals surface area contributed by atoms with Crippen LogP contribution >= 0.6 is 24.0 Å². The van der Waals surface area contributed by atoms with Crippen molar-refractivity contribution in [2.24, 2.45) is 0 Å². The lowest BCUT2D eigenvalue weighted by molar-refractivity contribution is -0.140. The van der Waals surface area contributed by atoms with Gasteiger partial charge in [0.2, 0.25) is 0 Å². The van der Waals surface area contributed by atoms with Crippen LogP contribution in [-0.2, 0) is 9.53 Å². The van der Waals surface area contributed by atoms with Crippen molar-refractivity contribution in [1.29, 1.82) is 0 Å². The minimum atomic E-state index is -0.781. The number of hydrogen-bond donors (Lipinski definition) is 3. The van der Waals surface area contributed by atoms with Gasteiger partial charge in [-0.1, -0.05) is 41.9 Å². The summed E-state index contributed by atoms with van der Waals surface area (Å²) in [6, 6.07) is 15.8. The van der Waals surface area contributed by atoms with E-state index in [0.29, 0.717) is 23.6 Å². The first-order valence-corrected chi connectivity index (χ1v) is 9.60. The molecular formula is C21H27Cl2N3O2. The Kier molecular flexibility index (Phi) is 8.13. The molecule has 0 bridgehead atoms. The number of piperidine rings is 1.